The SMILES string of the molecule is CCn1nccc1C(=O)c1ccc(Br)c(C(F)(F)F)c1. The van der Waals surface area contributed by atoms with E-state index in [1.165, 1.54) is 29.1 Å². The van der Waals surface area contributed by atoms with Gasteiger partial charge in [-0.1, -0.05) is 15.9 Å². The molecule has 0 bridgehead atoms. The molecule has 2 aromatic rings. The Morgan fingerprint density at radius 2 is 2.05 bits per heavy atom. The fourth-order valence-electron chi connectivity index (χ4n) is 1.81. The Balaban J connectivity index is 2.46. The van der Waals surface area contributed by atoms with E-state index in [-0.39, 0.29) is 15.7 Å². The molecule has 0 amide bonds. The van der Waals surface area contributed by atoms with Gasteiger partial charge >= 0.3 is 6.18 Å². The van der Waals surface area contributed by atoms with Crippen LogP contribution in [0.25, 0.3) is 0 Å². The Morgan fingerprint density at radius 3 is 2.65 bits per heavy atom. The molecule has 0 saturated heterocycles. The van der Waals surface area contributed by atoms with E-state index in [0.29, 0.717) is 6.54 Å². The van der Waals surface area contributed by atoms with Gasteiger partial charge in [0, 0.05) is 22.8 Å². The van der Waals surface area contributed by atoms with Crippen LogP contribution in [0, 0.1) is 0 Å². The van der Waals surface area contributed by atoms with Crippen LogP contribution in [0.3, 0.4) is 0 Å². The van der Waals surface area contributed by atoms with Crippen LogP contribution in [0.5, 0.6) is 0 Å². The van der Waals surface area contributed by atoms with Crippen LogP contribution < -0.4 is 0 Å². The number of carbonyl (C=O) groups excluding carboxylic acids is 1. The Morgan fingerprint density at radius 1 is 1.35 bits per heavy atom. The summed E-state index contributed by atoms with van der Waals surface area (Å²) in [5.41, 5.74) is -0.621. The second-order valence-corrected chi connectivity index (χ2v) is 4.91. The number of halogens is 4. The van der Waals surface area contributed by atoms with Gasteiger partial charge in [0.15, 0.2) is 0 Å². The highest BCUT2D eigenvalue weighted by Gasteiger charge is 2.33. The molecule has 0 N–H and O–H groups in total. The molecular weight excluding hydrogens is 337 g/mol. The first-order valence-electron chi connectivity index (χ1n) is 5.78. The Hall–Kier alpha value is -1.63. The van der Waals surface area contributed by atoms with Gasteiger partial charge in [-0.25, -0.2) is 0 Å². The molecule has 1 aromatic heterocycles. The number of ketones is 1. The Kier molecular flexibility index (Phi) is 3.99. The van der Waals surface area contributed by atoms with Crippen LogP contribution in [-0.2, 0) is 12.7 Å². The summed E-state index contributed by atoms with van der Waals surface area (Å²) in [6, 6.07) is 4.91. The first-order valence-corrected chi connectivity index (χ1v) is 6.57. The van der Waals surface area contributed by atoms with E-state index in [1.807, 2.05) is 0 Å². The quantitative estimate of drug-likeness (QED) is 0.789. The van der Waals surface area contributed by atoms with E-state index in [2.05, 4.69) is 21.0 Å². The molecule has 0 aliphatic heterocycles. The van der Waals surface area contributed by atoms with Crippen LogP contribution in [0.4, 0.5) is 13.2 Å². The van der Waals surface area contributed by atoms with Crippen molar-refractivity contribution in [1.82, 2.24) is 9.78 Å². The minimum absolute atomic E-state index is 0.0178. The Labute approximate surface area is 121 Å². The molecule has 3 nitrogen and oxygen atoms in total. The van der Waals surface area contributed by atoms with Crippen molar-refractivity contribution in [3.63, 3.8) is 0 Å². The molecule has 0 radical (unpaired) electrons. The number of nitrogens with zero attached hydrogens (tertiary/aromatic N) is 2. The van der Waals surface area contributed by atoms with Gasteiger partial charge in [0.25, 0.3) is 0 Å². The van der Waals surface area contributed by atoms with E-state index >= 15 is 0 Å². The first kappa shape index (κ1) is 14.8. The number of rotatable bonds is 3. The molecule has 1 aromatic carbocycles. The van der Waals surface area contributed by atoms with Gasteiger partial charge < -0.3 is 0 Å². The maximum absolute atomic E-state index is 12.8. The fourth-order valence-corrected chi connectivity index (χ4v) is 2.28. The van der Waals surface area contributed by atoms with E-state index in [9.17, 15) is 18.0 Å². The summed E-state index contributed by atoms with van der Waals surface area (Å²) in [5, 5.41) is 3.93. The molecule has 0 atom stereocenters. The molecule has 0 aliphatic rings. The molecule has 1 heterocycles. The van der Waals surface area contributed by atoms with Crippen LogP contribution in [0.1, 0.15) is 28.5 Å². The highest BCUT2D eigenvalue weighted by molar-refractivity contribution is 9.10. The van der Waals surface area contributed by atoms with Crippen molar-refractivity contribution in [3.8, 4) is 0 Å². The smallest absolute Gasteiger partial charge is 0.287 e. The Bertz CT molecular complexity index is 649. The highest BCUT2D eigenvalue weighted by atomic mass is 79.9. The summed E-state index contributed by atoms with van der Waals surface area (Å²) in [6.07, 6.45) is -3.07. The van der Waals surface area contributed by atoms with Gasteiger partial charge in [-0.05, 0) is 31.2 Å². The van der Waals surface area contributed by atoms with Crippen molar-refractivity contribution in [2.24, 2.45) is 0 Å². The molecule has 0 unspecified atom stereocenters. The van der Waals surface area contributed by atoms with Gasteiger partial charge in [0.2, 0.25) is 5.78 Å². The van der Waals surface area contributed by atoms with Crippen molar-refractivity contribution in [1.29, 1.82) is 0 Å². The zero-order chi connectivity index (χ0) is 14.9. The molecule has 20 heavy (non-hydrogen) atoms. The molecule has 2 rings (SSSR count). The highest BCUT2D eigenvalue weighted by Crippen LogP contribution is 2.35. The van der Waals surface area contributed by atoms with Crippen molar-refractivity contribution in [2.45, 2.75) is 19.6 Å². The van der Waals surface area contributed by atoms with E-state index in [4.69, 9.17) is 0 Å². The van der Waals surface area contributed by atoms with E-state index in [1.54, 1.807) is 6.92 Å². The lowest BCUT2D eigenvalue weighted by molar-refractivity contribution is -0.138. The first-order chi connectivity index (χ1) is 9.34. The van der Waals surface area contributed by atoms with Crippen molar-refractivity contribution in [2.75, 3.05) is 0 Å². The van der Waals surface area contributed by atoms with Gasteiger partial charge in [-0.15, -0.1) is 0 Å². The van der Waals surface area contributed by atoms with Crippen LogP contribution in [-0.4, -0.2) is 15.6 Å². The fraction of sp³-hybridized carbons (Fsp3) is 0.231. The maximum atomic E-state index is 12.8. The normalized spacial score (nSPS) is 11.7. The maximum Gasteiger partial charge on any atom is 0.417 e. The van der Waals surface area contributed by atoms with E-state index < -0.39 is 17.5 Å². The number of carbonyl (C=O) groups is 1. The van der Waals surface area contributed by atoms with Crippen molar-refractivity contribution >= 4 is 21.7 Å². The summed E-state index contributed by atoms with van der Waals surface area (Å²) >= 11 is 2.84. The predicted molar refractivity (Wildman–Crippen MR) is 70.5 cm³/mol. The standard InChI is InChI=1S/C13H10BrF3N2O/c1-2-19-11(5-6-18-19)12(20)8-3-4-10(14)9(7-8)13(15,16)17/h3-7H,2H2,1H3. The average molecular weight is 347 g/mol. The molecule has 0 saturated carbocycles. The van der Waals surface area contributed by atoms with Gasteiger partial charge in [0.1, 0.15) is 5.69 Å². The number of alkyl halides is 3. The number of benzene rings is 1. The van der Waals surface area contributed by atoms with Crippen molar-refractivity contribution in [3.05, 3.63) is 51.8 Å². The molecule has 0 fully saturated rings. The molecular formula is C13H10BrF3N2O. The zero-order valence-corrected chi connectivity index (χ0v) is 12.0. The van der Waals surface area contributed by atoms with Crippen LogP contribution in [0.15, 0.2) is 34.9 Å². The molecule has 0 spiro atoms. The third kappa shape index (κ3) is 2.77. The average Bonchev–Trinajstić information content (AvgIpc) is 2.85. The van der Waals surface area contributed by atoms with Crippen LogP contribution in [0.2, 0.25) is 0 Å². The lowest BCUT2D eigenvalue weighted by Crippen LogP contribution is -2.13. The number of aromatic nitrogens is 2. The minimum Gasteiger partial charge on any atom is -0.287 e. The zero-order valence-electron chi connectivity index (χ0n) is 10.4. The predicted octanol–water partition coefficient (Wildman–Crippen LogP) is 3.92. The van der Waals surface area contributed by atoms with E-state index in [0.717, 1.165) is 6.07 Å². The summed E-state index contributed by atoms with van der Waals surface area (Å²) in [4.78, 5) is 12.2. The lowest BCUT2D eigenvalue weighted by atomic mass is 10.0. The lowest BCUT2D eigenvalue weighted by Gasteiger charge is -2.11. The molecule has 7 heteroatoms. The summed E-state index contributed by atoms with van der Waals surface area (Å²) in [7, 11) is 0. The number of hydrogen-bond donors (Lipinski definition) is 0. The van der Waals surface area contributed by atoms with Crippen LogP contribution >= 0.6 is 15.9 Å². The molecule has 106 valence electrons. The third-order valence-electron chi connectivity index (χ3n) is 2.78. The summed E-state index contributed by atoms with van der Waals surface area (Å²) < 4.78 is 39.8. The number of hydrogen-bond acceptors (Lipinski definition) is 2. The summed E-state index contributed by atoms with van der Waals surface area (Å²) in [5.74, 6) is -0.484. The van der Waals surface area contributed by atoms with Gasteiger partial charge in [-0.3, -0.25) is 9.48 Å². The monoisotopic (exact) mass is 346 g/mol. The minimum atomic E-state index is -4.51. The summed E-state index contributed by atoms with van der Waals surface area (Å²) in [6.45, 7) is 2.27. The van der Waals surface area contributed by atoms with Gasteiger partial charge in [-0.2, -0.15) is 18.3 Å². The van der Waals surface area contributed by atoms with Crippen molar-refractivity contribution < 1.29 is 18.0 Å². The van der Waals surface area contributed by atoms with Gasteiger partial charge in [0.05, 0.1) is 5.56 Å². The molecule has 0 aliphatic carbocycles. The third-order valence-corrected chi connectivity index (χ3v) is 3.47. The number of aryl methyl sites for hydroxylation is 1. The second kappa shape index (κ2) is 5.40. The topological polar surface area (TPSA) is 34.9 Å². The second-order valence-electron chi connectivity index (χ2n) is 4.05. The largest absolute Gasteiger partial charge is 0.417 e.